The Hall–Kier alpha value is -1.94. The molecule has 0 aliphatic heterocycles. The second kappa shape index (κ2) is 4.38. The van der Waals surface area contributed by atoms with Gasteiger partial charge >= 0.3 is 0 Å². The van der Waals surface area contributed by atoms with Crippen molar-refractivity contribution in [3.63, 3.8) is 0 Å². The molecule has 1 atom stereocenters. The van der Waals surface area contributed by atoms with Crippen molar-refractivity contribution in [3.8, 4) is 5.69 Å². The Kier molecular flexibility index (Phi) is 2.72. The standard InChI is InChI=1S/C13H11ClN4/c1-9(14)12-8-18(17-16-12)13-6-2-5-11-10(13)4-3-7-15-11/h2-9H,1H3. The van der Waals surface area contributed by atoms with Crippen LogP contribution in [0.3, 0.4) is 0 Å². The summed E-state index contributed by atoms with van der Waals surface area (Å²) in [6.45, 7) is 1.88. The molecule has 3 aromatic rings. The first-order valence-corrected chi connectivity index (χ1v) is 6.10. The maximum atomic E-state index is 5.99. The molecule has 0 fully saturated rings. The van der Waals surface area contributed by atoms with Crippen molar-refractivity contribution in [1.29, 1.82) is 0 Å². The molecule has 1 unspecified atom stereocenters. The smallest absolute Gasteiger partial charge is 0.101 e. The van der Waals surface area contributed by atoms with Gasteiger partial charge < -0.3 is 0 Å². The van der Waals surface area contributed by atoms with E-state index in [0.29, 0.717) is 0 Å². The summed E-state index contributed by atoms with van der Waals surface area (Å²) in [5, 5.41) is 9.07. The van der Waals surface area contributed by atoms with E-state index in [9.17, 15) is 0 Å². The number of alkyl halides is 1. The molecule has 3 rings (SSSR count). The van der Waals surface area contributed by atoms with Crippen LogP contribution in [0.5, 0.6) is 0 Å². The van der Waals surface area contributed by atoms with Crippen molar-refractivity contribution >= 4 is 22.5 Å². The van der Waals surface area contributed by atoms with Crippen molar-refractivity contribution in [2.75, 3.05) is 0 Å². The minimum Gasteiger partial charge on any atom is -0.256 e. The van der Waals surface area contributed by atoms with Crippen LogP contribution >= 0.6 is 11.6 Å². The van der Waals surface area contributed by atoms with Crippen LogP contribution in [0.25, 0.3) is 16.6 Å². The number of benzene rings is 1. The lowest BCUT2D eigenvalue weighted by atomic mass is 10.2. The fourth-order valence-corrected chi connectivity index (χ4v) is 1.96. The van der Waals surface area contributed by atoms with Crippen LogP contribution in [0.4, 0.5) is 0 Å². The Balaban J connectivity index is 2.18. The van der Waals surface area contributed by atoms with Gasteiger partial charge in [0.25, 0.3) is 0 Å². The predicted molar refractivity (Wildman–Crippen MR) is 70.9 cm³/mol. The normalized spacial score (nSPS) is 12.8. The average molecular weight is 259 g/mol. The topological polar surface area (TPSA) is 43.6 Å². The summed E-state index contributed by atoms with van der Waals surface area (Å²) in [6.07, 6.45) is 3.62. The van der Waals surface area contributed by atoms with Crippen molar-refractivity contribution in [1.82, 2.24) is 20.0 Å². The van der Waals surface area contributed by atoms with Crippen molar-refractivity contribution < 1.29 is 0 Å². The van der Waals surface area contributed by atoms with Gasteiger partial charge in [0.1, 0.15) is 5.69 Å². The first kappa shape index (κ1) is 11.2. The van der Waals surface area contributed by atoms with Gasteiger partial charge in [-0.25, -0.2) is 4.68 Å². The molecule has 2 heterocycles. The van der Waals surface area contributed by atoms with Crippen LogP contribution in [-0.2, 0) is 0 Å². The quantitative estimate of drug-likeness (QED) is 0.664. The van der Waals surface area contributed by atoms with Crippen molar-refractivity contribution in [2.45, 2.75) is 12.3 Å². The number of rotatable bonds is 2. The van der Waals surface area contributed by atoms with E-state index in [0.717, 1.165) is 22.3 Å². The average Bonchev–Trinajstić information content (AvgIpc) is 2.87. The van der Waals surface area contributed by atoms with Crippen LogP contribution in [0.1, 0.15) is 18.0 Å². The SMILES string of the molecule is CC(Cl)c1cn(-c2cccc3ncccc23)nn1. The van der Waals surface area contributed by atoms with E-state index in [-0.39, 0.29) is 5.38 Å². The molecule has 0 saturated carbocycles. The third-order valence-corrected chi connectivity index (χ3v) is 3.01. The lowest BCUT2D eigenvalue weighted by Gasteiger charge is -2.04. The molecule has 90 valence electrons. The third-order valence-electron chi connectivity index (χ3n) is 2.79. The molecule has 0 spiro atoms. The van der Waals surface area contributed by atoms with Gasteiger partial charge in [0.15, 0.2) is 0 Å². The third kappa shape index (κ3) is 1.84. The highest BCUT2D eigenvalue weighted by atomic mass is 35.5. The molecule has 2 aromatic heterocycles. The van der Waals surface area contributed by atoms with E-state index in [1.54, 1.807) is 10.9 Å². The number of hydrogen-bond acceptors (Lipinski definition) is 3. The largest absolute Gasteiger partial charge is 0.256 e. The van der Waals surface area contributed by atoms with E-state index in [1.165, 1.54) is 0 Å². The monoisotopic (exact) mass is 258 g/mol. The summed E-state index contributed by atoms with van der Waals surface area (Å²) in [5.74, 6) is 0. The number of hydrogen-bond donors (Lipinski definition) is 0. The molecule has 18 heavy (non-hydrogen) atoms. The van der Waals surface area contributed by atoms with Crippen molar-refractivity contribution in [3.05, 3.63) is 48.4 Å². The number of fused-ring (bicyclic) bond motifs is 1. The van der Waals surface area contributed by atoms with Crippen LogP contribution in [0.15, 0.2) is 42.7 Å². The Bertz CT molecular complexity index is 685. The van der Waals surface area contributed by atoms with Gasteiger partial charge in [-0.1, -0.05) is 11.3 Å². The molecule has 0 aliphatic carbocycles. The lowest BCUT2D eigenvalue weighted by Crippen LogP contribution is -1.96. The highest BCUT2D eigenvalue weighted by molar-refractivity contribution is 6.20. The zero-order chi connectivity index (χ0) is 12.5. The highest BCUT2D eigenvalue weighted by Crippen LogP contribution is 2.22. The van der Waals surface area contributed by atoms with E-state index in [4.69, 9.17) is 11.6 Å². The van der Waals surface area contributed by atoms with E-state index < -0.39 is 0 Å². The van der Waals surface area contributed by atoms with E-state index in [1.807, 2.05) is 43.5 Å². The van der Waals surface area contributed by atoms with Gasteiger partial charge in [-0.3, -0.25) is 4.98 Å². The summed E-state index contributed by atoms with van der Waals surface area (Å²) in [6, 6.07) is 9.84. The molecule has 0 saturated heterocycles. The van der Waals surface area contributed by atoms with Gasteiger partial charge in [0.05, 0.1) is 22.8 Å². The molecule has 0 bridgehead atoms. The predicted octanol–water partition coefficient (Wildman–Crippen LogP) is 3.12. The minimum absolute atomic E-state index is 0.146. The van der Waals surface area contributed by atoms with Gasteiger partial charge in [0, 0.05) is 11.6 Å². The number of nitrogens with zero attached hydrogens (tertiary/aromatic N) is 4. The summed E-state index contributed by atoms with van der Waals surface area (Å²) in [4.78, 5) is 4.32. The molecule has 0 radical (unpaired) electrons. The fraction of sp³-hybridized carbons (Fsp3) is 0.154. The summed E-state index contributed by atoms with van der Waals surface area (Å²) in [7, 11) is 0. The van der Waals surface area contributed by atoms with Crippen LogP contribution in [0.2, 0.25) is 0 Å². The van der Waals surface area contributed by atoms with Crippen molar-refractivity contribution in [2.24, 2.45) is 0 Å². The Morgan fingerprint density at radius 3 is 2.89 bits per heavy atom. The van der Waals surface area contributed by atoms with E-state index in [2.05, 4.69) is 15.3 Å². The molecule has 1 aromatic carbocycles. The Morgan fingerprint density at radius 1 is 1.22 bits per heavy atom. The Morgan fingerprint density at radius 2 is 2.11 bits per heavy atom. The van der Waals surface area contributed by atoms with Gasteiger partial charge in [-0.05, 0) is 31.2 Å². The van der Waals surface area contributed by atoms with Crippen LogP contribution < -0.4 is 0 Å². The maximum Gasteiger partial charge on any atom is 0.101 e. The molecule has 5 heteroatoms. The van der Waals surface area contributed by atoms with Gasteiger partial charge in [-0.2, -0.15) is 0 Å². The number of pyridine rings is 1. The second-order valence-electron chi connectivity index (χ2n) is 4.05. The molecule has 4 nitrogen and oxygen atoms in total. The van der Waals surface area contributed by atoms with Crippen LogP contribution in [0, 0.1) is 0 Å². The molecular formula is C13H11ClN4. The summed E-state index contributed by atoms with van der Waals surface area (Å²) >= 11 is 5.99. The van der Waals surface area contributed by atoms with Gasteiger partial charge in [0.2, 0.25) is 0 Å². The molecule has 0 N–H and O–H groups in total. The Labute approximate surface area is 109 Å². The molecular weight excluding hydrogens is 248 g/mol. The fourth-order valence-electron chi connectivity index (χ4n) is 1.86. The zero-order valence-corrected chi connectivity index (χ0v) is 10.5. The second-order valence-corrected chi connectivity index (χ2v) is 4.71. The minimum atomic E-state index is -0.146. The number of halogens is 1. The van der Waals surface area contributed by atoms with E-state index >= 15 is 0 Å². The molecule has 0 aliphatic rings. The van der Waals surface area contributed by atoms with Gasteiger partial charge in [-0.15, -0.1) is 16.7 Å². The number of aromatic nitrogens is 4. The summed E-state index contributed by atoms with van der Waals surface area (Å²) < 4.78 is 1.73. The van der Waals surface area contributed by atoms with Crippen LogP contribution in [-0.4, -0.2) is 20.0 Å². The first-order valence-electron chi connectivity index (χ1n) is 5.66. The zero-order valence-electron chi connectivity index (χ0n) is 9.79. The highest BCUT2D eigenvalue weighted by Gasteiger charge is 2.09. The molecule has 0 amide bonds. The first-order chi connectivity index (χ1) is 8.75. The summed E-state index contributed by atoms with van der Waals surface area (Å²) in [5.41, 5.74) is 2.65. The maximum absolute atomic E-state index is 5.99. The lowest BCUT2D eigenvalue weighted by molar-refractivity contribution is 0.800.